The van der Waals surface area contributed by atoms with Gasteiger partial charge in [-0.05, 0) is 168 Å². The summed E-state index contributed by atoms with van der Waals surface area (Å²) in [6.07, 6.45) is 80.4. The Labute approximate surface area is 427 Å². The predicted molar refractivity (Wildman–Crippen MR) is 303 cm³/mol. The molecule has 0 N–H and O–H groups in total. The smallest absolute Gasteiger partial charge is 0.306 e. The number of unbranched alkanes of at least 4 members (excludes halogenated alkanes) is 9. The van der Waals surface area contributed by atoms with Crippen LogP contribution in [0.25, 0.3) is 0 Å². The van der Waals surface area contributed by atoms with E-state index in [-0.39, 0.29) is 12.1 Å². The number of allylic oxidation sites excluding steroid dienone is 19. The highest BCUT2D eigenvalue weighted by atomic mass is 16.5. The van der Waals surface area contributed by atoms with Gasteiger partial charge < -0.3 is 4.74 Å². The van der Waals surface area contributed by atoms with Crippen LogP contribution < -0.4 is 0 Å². The third-order valence-corrected chi connectivity index (χ3v) is 17.2. The van der Waals surface area contributed by atoms with Crippen molar-refractivity contribution in [2.45, 2.75) is 247 Å². The van der Waals surface area contributed by atoms with Gasteiger partial charge >= 0.3 is 5.97 Å². The maximum atomic E-state index is 12.9. The van der Waals surface area contributed by atoms with Crippen LogP contribution in [0.1, 0.15) is 241 Å². The number of fused-ring (bicyclic) bond motifs is 5. The van der Waals surface area contributed by atoms with Crippen LogP contribution in [-0.2, 0) is 9.53 Å². The lowest BCUT2D eigenvalue weighted by molar-refractivity contribution is -0.151. The van der Waals surface area contributed by atoms with Crippen LogP contribution in [-0.4, -0.2) is 12.1 Å². The van der Waals surface area contributed by atoms with Crippen molar-refractivity contribution in [2.75, 3.05) is 0 Å². The van der Waals surface area contributed by atoms with E-state index in [1.54, 1.807) is 5.57 Å². The van der Waals surface area contributed by atoms with Crippen molar-refractivity contribution in [1.29, 1.82) is 0 Å². The van der Waals surface area contributed by atoms with E-state index in [1.807, 2.05) is 0 Å². The van der Waals surface area contributed by atoms with E-state index in [1.165, 1.54) is 109 Å². The van der Waals surface area contributed by atoms with Gasteiger partial charge in [0.15, 0.2) is 0 Å². The quantitative estimate of drug-likeness (QED) is 0.0360. The summed E-state index contributed by atoms with van der Waals surface area (Å²) in [4.78, 5) is 12.9. The van der Waals surface area contributed by atoms with E-state index < -0.39 is 0 Å². The van der Waals surface area contributed by atoms with Crippen LogP contribution in [0.5, 0.6) is 0 Å². The summed E-state index contributed by atoms with van der Waals surface area (Å²) in [5, 5.41) is 0. The minimum absolute atomic E-state index is 0.0523. The first-order valence-corrected chi connectivity index (χ1v) is 29.4. The molecule has 0 aromatic heterocycles. The fraction of sp³-hybridized carbons (Fsp3) is 0.687. The number of esters is 1. The lowest BCUT2D eigenvalue weighted by Gasteiger charge is -2.58. The zero-order valence-electron chi connectivity index (χ0n) is 45.7. The first-order chi connectivity index (χ1) is 33.7. The molecule has 4 aliphatic carbocycles. The van der Waals surface area contributed by atoms with Gasteiger partial charge in [-0.15, -0.1) is 0 Å². The Morgan fingerprint density at radius 3 is 1.58 bits per heavy atom. The minimum Gasteiger partial charge on any atom is -0.462 e. The van der Waals surface area contributed by atoms with E-state index in [4.69, 9.17) is 4.74 Å². The van der Waals surface area contributed by atoms with Crippen molar-refractivity contribution >= 4 is 5.97 Å². The van der Waals surface area contributed by atoms with Crippen molar-refractivity contribution in [3.63, 3.8) is 0 Å². The molecule has 0 aromatic rings. The number of carbonyl (C=O) groups is 1. The van der Waals surface area contributed by atoms with Crippen molar-refractivity contribution in [1.82, 2.24) is 0 Å². The summed E-state index contributed by atoms with van der Waals surface area (Å²) >= 11 is 0. The maximum absolute atomic E-state index is 12.9. The maximum Gasteiger partial charge on any atom is 0.306 e. The molecule has 8 atom stereocenters. The first kappa shape index (κ1) is 58.4. The predicted octanol–water partition coefficient (Wildman–Crippen LogP) is 20.8. The molecule has 386 valence electrons. The van der Waals surface area contributed by atoms with E-state index in [2.05, 4.69) is 157 Å². The summed E-state index contributed by atoms with van der Waals surface area (Å²) in [6, 6.07) is 0. The second-order valence-corrected chi connectivity index (χ2v) is 22.9. The Morgan fingerprint density at radius 2 is 1.06 bits per heavy atom. The number of rotatable bonds is 35. The molecule has 2 nitrogen and oxygen atoms in total. The molecule has 0 saturated heterocycles. The molecule has 2 heteroatoms. The number of hydrogen-bond donors (Lipinski definition) is 0. The molecular formula is C67H106O2. The molecule has 4 aliphatic rings. The number of carbonyl (C=O) groups excluding carboxylic acids is 1. The Balaban J connectivity index is 0.915. The fourth-order valence-corrected chi connectivity index (χ4v) is 13.2. The lowest BCUT2D eigenvalue weighted by Crippen LogP contribution is -2.51. The Hall–Kier alpha value is -3.13. The van der Waals surface area contributed by atoms with Gasteiger partial charge in [-0.25, -0.2) is 0 Å². The SMILES string of the molecule is CC/C=C\C/C=C\C/C=C\C/C=C\C/C=C\C/C=C\C/C=C\C/C=C\C/C=C\CCCCCCCCCCCC(=O)OC1CCC2(C)C(=CCC3C2CCC2(C)C(C(C)CCCC(C)C)CCC32)C1. The van der Waals surface area contributed by atoms with E-state index in [0.717, 1.165) is 119 Å². The van der Waals surface area contributed by atoms with Crippen molar-refractivity contribution in [3.8, 4) is 0 Å². The van der Waals surface area contributed by atoms with Gasteiger partial charge in [0.2, 0.25) is 0 Å². The van der Waals surface area contributed by atoms with Crippen LogP contribution in [0.15, 0.2) is 121 Å². The molecule has 0 aliphatic heterocycles. The molecule has 0 amide bonds. The molecule has 8 unspecified atom stereocenters. The van der Waals surface area contributed by atoms with Crippen LogP contribution in [0, 0.1) is 46.3 Å². The zero-order valence-corrected chi connectivity index (χ0v) is 45.7. The second kappa shape index (κ2) is 35.1. The highest BCUT2D eigenvalue weighted by Crippen LogP contribution is 2.67. The normalized spacial score (nSPS) is 26.9. The Bertz CT molecular complexity index is 1690. The second-order valence-electron chi connectivity index (χ2n) is 22.9. The van der Waals surface area contributed by atoms with Crippen LogP contribution in [0.4, 0.5) is 0 Å². The molecule has 0 radical (unpaired) electrons. The topological polar surface area (TPSA) is 26.3 Å². The molecule has 4 rings (SSSR count). The van der Waals surface area contributed by atoms with Crippen molar-refractivity contribution in [2.24, 2.45) is 46.3 Å². The molecule has 69 heavy (non-hydrogen) atoms. The van der Waals surface area contributed by atoms with Gasteiger partial charge in [0.1, 0.15) is 6.10 Å². The van der Waals surface area contributed by atoms with Gasteiger partial charge in [-0.2, -0.15) is 0 Å². The summed E-state index contributed by atoms with van der Waals surface area (Å²) < 4.78 is 6.17. The molecule has 0 aromatic carbocycles. The molecule has 3 saturated carbocycles. The van der Waals surface area contributed by atoms with Crippen LogP contribution in [0.2, 0.25) is 0 Å². The molecule has 0 bridgehead atoms. The highest BCUT2D eigenvalue weighted by molar-refractivity contribution is 5.69. The zero-order chi connectivity index (χ0) is 49.3. The van der Waals surface area contributed by atoms with Gasteiger partial charge in [0.05, 0.1) is 0 Å². The first-order valence-electron chi connectivity index (χ1n) is 29.4. The highest BCUT2D eigenvalue weighted by Gasteiger charge is 2.59. The fourth-order valence-electron chi connectivity index (χ4n) is 13.2. The Kier molecular flexibility index (Phi) is 29.7. The van der Waals surface area contributed by atoms with Crippen LogP contribution >= 0.6 is 0 Å². The molecule has 0 heterocycles. The average Bonchev–Trinajstić information content (AvgIpc) is 3.70. The molecule has 0 spiro atoms. The summed E-state index contributed by atoms with van der Waals surface area (Å²) in [5.41, 5.74) is 2.50. The van der Waals surface area contributed by atoms with Gasteiger partial charge in [-0.3, -0.25) is 4.79 Å². The van der Waals surface area contributed by atoms with E-state index in [9.17, 15) is 4.79 Å². The third-order valence-electron chi connectivity index (χ3n) is 17.2. The van der Waals surface area contributed by atoms with Crippen molar-refractivity contribution < 1.29 is 9.53 Å². The monoisotopic (exact) mass is 943 g/mol. The van der Waals surface area contributed by atoms with E-state index in [0.29, 0.717) is 17.3 Å². The van der Waals surface area contributed by atoms with Gasteiger partial charge in [-0.1, -0.05) is 227 Å². The number of ether oxygens (including phenoxy) is 1. The van der Waals surface area contributed by atoms with Crippen LogP contribution in [0.3, 0.4) is 0 Å². The molecule has 3 fully saturated rings. The number of hydrogen-bond acceptors (Lipinski definition) is 2. The standard InChI is InChI=1S/C67H106O2/c1-7-8-9-10-11-12-13-14-15-16-17-18-19-20-21-22-23-24-25-26-27-28-29-30-31-32-33-34-35-36-37-38-39-40-41-42-43-47-65(68)69-60-52-54-66(5)59(56-60)48-49-61-63-51-50-62(58(4)46-44-45-57(2)3)67(63,6)55-53-64(61)66/h8-9,11-12,14-15,17-18,20-21,23-24,26-27,29-30,32-33,48,57-58,60-64H,7,10,13,16,19,22,25,28,31,34-47,49-56H2,1-6H3/b9-8-,12-11-,15-14-,18-17-,21-20-,24-23-,27-26-,30-29-,33-32-. The average molecular weight is 944 g/mol. The van der Waals surface area contributed by atoms with Crippen molar-refractivity contribution in [3.05, 3.63) is 121 Å². The van der Waals surface area contributed by atoms with Gasteiger partial charge in [0, 0.05) is 12.8 Å². The van der Waals surface area contributed by atoms with Gasteiger partial charge in [0.25, 0.3) is 0 Å². The lowest BCUT2D eigenvalue weighted by atomic mass is 9.47. The van der Waals surface area contributed by atoms with E-state index >= 15 is 0 Å². The third kappa shape index (κ3) is 22.0. The molecular weight excluding hydrogens is 837 g/mol. The Morgan fingerprint density at radius 1 is 0.565 bits per heavy atom. The minimum atomic E-state index is 0.0523. The summed E-state index contributed by atoms with van der Waals surface area (Å²) in [5.74, 6) is 5.26. The largest absolute Gasteiger partial charge is 0.462 e. The summed E-state index contributed by atoms with van der Waals surface area (Å²) in [6.45, 7) is 14.8. The summed E-state index contributed by atoms with van der Waals surface area (Å²) in [7, 11) is 0.